The molecule has 1 saturated heterocycles. The fourth-order valence-corrected chi connectivity index (χ4v) is 3.64. The molecule has 2 aromatic rings. The quantitative estimate of drug-likeness (QED) is 0.629. The van der Waals surface area contributed by atoms with Gasteiger partial charge < -0.3 is 10.1 Å². The number of carbonyl (C=O) groups is 1. The predicted molar refractivity (Wildman–Crippen MR) is 83.4 cm³/mol. The lowest BCUT2D eigenvalue weighted by molar-refractivity contribution is -0.605. The highest BCUT2D eigenvalue weighted by atomic mass is 16.5. The van der Waals surface area contributed by atoms with Crippen molar-refractivity contribution in [2.75, 3.05) is 4.90 Å². The second-order valence-electron chi connectivity index (χ2n) is 5.84. The molecule has 0 radical (unpaired) electrons. The number of anilines is 1. The van der Waals surface area contributed by atoms with Crippen LogP contribution in [0.2, 0.25) is 0 Å². The Morgan fingerprint density at radius 1 is 1.09 bits per heavy atom. The van der Waals surface area contributed by atoms with Crippen LogP contribution in [-0.4, -0.2) is 17.9 Å². The van der Waals surface area contributed by atoms with Crippen LogP contribution in [-0.2, 0) is 4.79 Å². The van der Waals surface area contributed by atoms with Crippen molar-refractivity contribution < 1.29 is 9.52 Å². The number of nitrogens with zero attached hydrogens (tertiary/aromatic N) is 2. The summed E-state index contributed by atoms with van der Waals surface area (Å²) in [6.07, 6.45) is 7.49. The zero-order valence-electron chi connectivity index (χ0n) is 12.0. The minimum atomic E-state index is -0.136. The molecule has 4 heteroatoms. The summed E-state index contributed by atoms with van der Waals surface area (Å²) in [5, 5.41) is 11.3. The number of hydrogen-bond acceptors (Lipinski definition) is 3. The third kappa shape index (κ3) is 1.99. The number of ketones is 1. The van der Waals surface area contributed by atoms with Gasteiger partial charge in [-0.3, -0.25) is 4.79 Å². The van der Waals surface area contributed by atoms with Gasteiger partial charge in [-0.25, -0.2) is 0 Å². The molecule has 0 N–H and O–H groups in total. The Balaban J connectivity index is 1.75. The van der Waals surface area contributed by atoms with Crippen LogP contribution in [0.5, 0.6) is 0 Å². The molecular weight excluding hydrogens is 276 g/mol. The van der Waals surface area contributed by atoms with Crippen molar-refractivity contribution in [1.29, 1.82) is 0 Å². The fourth-order valence-electron chi connectivity index (χ4n) is 3.64. The maximum atomic E-state index is 12.3. The highest BCUT2D eigenvalue weighted by Crippen LogP contribution is 2.43. The summed E-state index contributed by atoms with van der Waals surface area (Å²) in [6.45, 7) is 0. The molecule has 1 aromatic heterocycles. The van der Waals surface area contributed by atoms with Crippen LogP contribution in [0.1, 0.15) is 17.9 Å². The maximum absolute atomic E-state index is 12.3. The van der Waals surface area contributed by atoms with E-state index in [9.17, 15) is 10.0 Å². The second kappa shape index (κ2) is 4.98. The molecule has 4 nitrogen and oxygen atoms in total. The van der Waals surface area contributed by atoms with E-state index in [1.54, 1.807) is 18.2 Å². The van der Waals surface area contributed by atoms with E-state index >= 15 is 0 Å². The topological polar surface area (TPSA) is 47.2 Å². The predicted octanol–water partition coefficient (Wildman–Crippen LogP) is 2.19. The van der Waals surface area contributed by atoms with Gasteiger partial charge in [-0.15, -0.1) is 0 Å². The molecule has 0 saturated carbocycles. The van der Waals surface area contributed by atoms with Crippen LogP contribution in [0.15, 0.2) is 67.0 Å². The van der Waals surface area contributed by atoms with E-state index in [1.807, 2.05) is 24.3 Å². The highest BCUT2D eigenvalue weighted by molar-refractivity contribution is 5.99. The van der Waals surface area contributed by atoms with E-state index in [0.717, 1.165) is 16.8 Å². The van der Waals surface area contributed by atoms with Gasteiger partial charge in [0, 0.05) is 23.7 Å². The standard InChI is InChI=1S/C18H16N2O2/c21-18-7-6-16-15(13-4-2-1-3-5-13)12-17(18)20(16)14-8-10-19(22)11-9-14/h1-11,15-17H,12H2. The summed E-state index contributed by atoms with van der Waals surface area (Å²) < 4.78 is 0.766. The molecule has 1 aromatic carbocycles. The molecular formula is C18H16N2O2. The molecule has 4 rings (SSSR count). The van der Waals surface area contributed by atoms with Crippen LogP contribution in [0, 0.1) is 5.21 Å². The monoisotopic (exact) mass is 292 g/mol. The van der Waals surface area contributed by atoms with Gasteiger partial charge >= 0.3 is 0 Å². The zero-order valence-corrected chi connectivity index (χ0v) is 12.0. The average molecular weight is 292 g/mol. The van der Waals surface area contributed by atoms with Crippen molar-refractivity contribution in [3.05, 3.63) is 77.8 Å². The minimum Gasteiger partial charge on any atom is -0.619 e. The molecule has 3 atom stereocenters. The molecule has 1 fully saturated rings. The Morgan fingerprint density at radius 2 is 1.82 bits per heavy atom. The van der Waals surface area contributed by atoms with Gasteiger partial charge in [0.05, 0.1) is 12.1 Å². The number of aromatic nitrogens is 1. The van der Waals surface area contributed by atoms with Crippen molar-refractivity contribution in [3.63, 3.8) is 0 Å². The smallest absolute Gasteiger partial charge is 0.182 e. The molecule has 22 heavy (non-hydrogen) atoms. The zero-order chi connectivity index (χ0) is 15.1. The summed E-state index contributed by atoms with van der Waals surface area (Å²) >= 11 is 0. The van der Waals surface area contributed by atoms with E-state index in [0.29, 0.717) is 5.92 Å². The first kappa shape index (κ1) is 13.1. The van der Waals surface area contributed by atoms with Gasteiger partial charge in [0.25, 0.3) is 0 Å². The summed E-state index contributed by atoms with van der Waals surface area (Å²) in [6, 6.07) is 13.9. The van der Waals surface area contributed by atoms with Crippen LogP contribution in [0.25, 0.3) is 0 Å². The van der Waals surface area contributed by atoms with E-state index < -0.39 is 0 Å². The molecule has 2 aliphatic heterocycles. The molecule has 0 amide bonds. The Labute approximate surface area is 128 Å². The molecule has 110 valence electrons. The summed E-state index contributed by atoms with van der Waals surface area (Å²) in [4.78, 5) is 14.4. The lowest BCUT2D eigenvalue weighted by Crippen LogP contribution is -2.43. The number of pyridine rings is 1. The number of carbonyl (C=O) groups excluding carboxylic acids is 1. The largest absolute Gasteiger partial charge is 0.619 e. The molecule has 2 aliphatic rings. The van der Waals surface area contributed by atoms with Crippen molar-refractivity contribution in [2.24, 2.45) is 0 Å². The van der Waals surface area contributed by atoms with Gasteiger partial charge in [-0.05, 0) is 18.1 Å². The van der Waals surface area contributed by atoms with E-state index in [4.69, 9.17) is 0 Å². The summed E-state index contributed by atoms with van der Waals surface area (Å²) in [5.74, 6) is 0.446. The van der Waals surface area contributed by atoms with Crippen LogP contribution < -0.4 is 9.63 Å². The Hall–Kier alpha value is -2.62. The molecule has 3 unspecified atom stereocenters. The molecule has 2 bridgehead atoms. The summed E-state index contributed by atoms with van der Waals surface area (Å²) in [5.41, 5.74) is 2.19. The number of rotatable bonds is 2. The average Bonchev–Trinajstić information content (AvgIpc) is 2.85. The van der Waals surface area contributed by atoms with Gasteiger partial charge in [0.1, 0.15) is 0 Å². The number of benzene rings is 1. The van der Waals surface area contributed by atoms with Crippen LogP contribution in [0.4, 0.5) is 5.69 Å². The molecule has 0 spiro atoms. The van der Waals surface area contributed by atoms with Crippen molar-refractivity contribution in [1.82, 2.24) is 0 Å². The molecule has 0 aliphatic carbocycles. The van der Waals surface area contributed by atoms with Crippen molar-refractivity contribution in [2.45, 2.75) is 24.4 Å². The first-order valence-corrected chi connectivity index (χ1v) is 7.48. The fraction of sp³-hybridized carbons (Fsp3) is 0.222. The summed E-state index contributed by atoms with van der Waals surface area (Å²) in [7, 11) is 0. The number of hydrogen-bond donors (Lipinski definition) is 0. The lowest BCUT2D eigenvalue weighted by atomic mass is 9.91. The van der Waals surface area contributed by atoms with Crippen LogP contribution >= 0.6 is 0 Å². The van der Waals surface area contributed by atoms with Gasteiger partial charge in [0.15, 0.2) is 18.2 Å². The van der Waals surface area contributed by atoms with Gasteiger partial charge in [-0.1, -0.05) is 36.4 Å². The van der Waals surface area contributed by atoms with Gasteiger partial charge in [-0.2, -0.15) is 4.73 Å². The molecule has 3 heterocycles. The second-order valence-corrected chi connectivity index (χ2v) is 5.84. The highest BCUT2D eigenvalue weighted by Gasteiger charge is 2.45. The maximum Gasteiger partial charge on any atom is 0.182 e. The first-order valence-electron chi connectivity index (χ1n) is 7.48. The normalized spacial score (nSPS) is 26.5. The van der Waals surface area contributed by atoms with Crippen LogP contribution in [0.3, 0.4) is 0 Å². The van der Waals surface area contributed by atoms with Crippen molar-refractivity contribution >= 4 is 11.5 Å². The van der Waals surface area contributed by atoms with Gasteiger partial charge in [0.2, 0.25) is 0 Å². The van der Waals surface area contributed by atoms with E-state index in [-0.39, 0.29) is 17.9 Å². The van der Waals surface area contributed by atoms with Crippen molar-refractivity contribution in [3.8, 4) is 0 Å². The Morgan fingerprint density at radius 3 is 2.55 bits per heavy atom. The van der Waals surface area contributed by atoms with E-state index in [1.165, 1.54) is 18.0 Å². The lowest BCUT2D eigenvalue weighted by Gasteiger charge is -2.33. The first-order chi connectivity index (χ1) is 10.7. The Kier molecular flexibility index (Phi) is 2.96. The number of fused-ring (bicyclic) bond motifs is 2. The Bertz CT molecular complexity index is 725. The third-order valence-corrected chi connectivity index (χ3v) is 4.64. The SMILES string of the molecule is O=C1C=CC2C(c3ccccc3)CC1N2c1cc[n+]([O-])cc1. The third-order valence-electron chi connectivity index (χ3n) is 4.64. The van der Waals surface area contributed by atoms with E-state index in [2.05, 4.69) is 17.0 Å². The minimum absolute atomic E-state index is 0.136.